The summed E-state index contributed by atoms with van der Waals surface area (Å²) in [5.41, 5.74) is 0. The van der Waals surface area contributed by atoms with Gasteiger partial charge in [-0.1, -0.05) is 225 Å². The first-order valence-electron chi connectivity index (χ1n) is 17.7. The average molecular weight is 523 g/mol. The Balaban J connectivity index is 3.90. The molecular formula is C35H74Si. The van der Waals surface area contributed by atoms with Gasteiger partial charge in [0, 0.05) is 0 Å². The first-order valence-corrected chi connectivity index (χ1v) is 20.8. The summed E-state index contributed by atoms with van der Waals surface area (Å²) in [4.78, 5) is 0. The van der Waals surface area contributed by atoms with Gasteiger partial charge in [-0.3, -0.25) is 0 Å². The molecule has 0 saturated carbocycles. The van der Waals surface area contributed by atoms with Crippen LogP contribution >= 0.6 is 0 Å². The summed E-state index contributed by atoms with van der Waals surface area (Å²) in [7, 11) is -1.00. The number of hydrogen-bond donors (Lipinski definition) is 0. The fourth-order valence-corrected chi connectivity index (χ4v) is 10.2. The van der Waals surface area contributed by atoms with Gasteiger partial charge in [-0.05, 0) is 0 Å². The Bertz CT molecular complexity index is 392. The molecule has 1 atom stereocenters. The quantitative estimate of drug-likeness (QED) is 0.0627. The Kier molecular flexibility index (Phi) is 29.9. The van der Waals surface area contributed by atoms with Crippen LogP contribution in [0.2, 0.25) is 24.7 Å². The summed E-state index contributed by atoms with van der Waals surface area (Å²) in [6.45, 7) is 9.77. The molecule has 0 fully saturated rings. The highest BCUT2D eigenvalue weighted by atomic mass is 28.3. The number of rotatable bonds is 31. The zero-order valence-electron chi connectivity index (χ0n) is 26.4. The van der Waals surface area contributed by atoms with Crippen molar-refractivity contribution in [3.05, 3.63) is 0 Å². The molecule has 0 heterocycles. The molecule has 0 bridgehead atoms. The minimum Gasteiger partial charge on any atom is -0.0691 e. The van der Waals surface area contributed by atoms with E-state index in [2.05, 4.69) is 27.3 Å². The van der Waals surface area contributed by atoms with Crippen LogP contribution in [0.4, 0.5) is 0 Å². The first kappa shape index (κ1) is 36.2. The number of hydrogen-bond acceptors (Lipinski definition) is 0. The molecule has 0 aliphatic rings. The van der Waals surface area contributed by atoms with Crippen LogP contribution in [0, 0.1) is 0 Å². The fourth-order valence-electron chi connectivity index (χ4n) is 6.14. The predicted molar refractivity (Wildman–Crippen MR) is 172 cm³/mol. The second-order valence-electron chi connectivity index (χ2n) is 12.9. The Morgan fingerprint density at radius 1 is 0.250 bits per heavy atom. The van der Waals surface area contributed by atoms with Crippen molar-refractivity contribution in [2.45, 2.75) is 225 Å². The highest BCUT2D eigenvalue weighted by Gasteiger charge is 2.25. The van der Waals surface area contributed by atoms with E-state index in [9.17, 15) is 0 Å². The van der Waals surface area contributed by atoms with Gasteiger partial charge in [0.05, 0.1) is 8.07 Å². The molecule has 0 nitrogen and oxygen atoms in total. The highest BCUT2D eigenvalue weighted by Crippen LogP contribution is 2.30. The molecular weight excluding hydrogens is 448 g/mol. The molecule has 0 aromatic rings. The van der Waals surface area contributed by atoms with Crippen molar-refractivity contribution < 1.29 is 0 Å². The monoisotopic (exact) mass is 523 g/mol. The summed E-state index contributed by atoms with van der Waals surface area (Å²) in [5, 5.41) is 0. The lowest BCUT2D eigenvalue weighted by atomic mass is 10.0. The molecule has 36 heavy (non-hydrogen) atoms. The van der Waals surface area contributed by atoms with Crippen LogP contribution in [-0.2, 0) is 0 Å². The van der Waals surface area contributed by atoms with Crippen molar-refractivity contribution in [3.8, 4) is 0 Å². The molecule has 0 spiro atoms. The zero-order valence-corrected chi connectivity index (χ0v) is 27.4. The number of unbranched alkanes of at least 4 members (excludes halogenated alkanes) is 25. The smallest absolute Gasteiger partial charge is 0.0504 e. The molecule has 1 unspecified atom stereocenters. The normalized spacial score (nSPS) is 13.3. The lowest BCUT2D eigenvalue weighted by Crippen LogP contribution is -2.29. The van der Waals surface area contributed by atoms with Gasteiger partial charge in [-0.2, -0.15) is 0 Å². The molecule has 0 aromatic carbocycles. The van der Waals surface area contributed by atoms with E-state index in [0.717, 1.165) is 0 Å². The molecule has 0 N–H and O–H groups in total. The molecule has 218 valence electrons. The summed E-state index contributed by atoms with van der Waals surface area (Å²) >= 11 is 0. The minimum absolute atomic E-state index is 1.00. The van der Waals surface area contributed by atoms with Gasteiger partial charge < -0.3 is 0 Å². The average Bonchev–Trinajstić information content (AvgIpc) is 2.88. The Morgan fingerprint density at radius 3 is 0.611 bits per heavy atom. The minimum atomic E-state index is -1.00. The van der Waals surface area contributed by atoms with Crippen LogP contribution in [0.1, 0.15) is 201 Å². The lowest BCUT2D eigenvalue weighted by Gasteiger charge is -2.28. The van der Waals surface area contributed by atoms with Gasteiger partial charge in [-0.15, -0.1) is 0 Å². The van der Waals surface area contributed by atoms with E-state index in [1.54, 1.807) is 37.4 Å². The molecule has 0 aliphatic heterocycles. The second kappa shape index (κ2) is 29.8. The van der Waals surface area contributed by atoms with Crippen LogP contribution in [0.25, 0.3) is 0 Å². The maximum absolute atomic E-state index is 2.79. The molecule has 0 radical (unpaired) electrons. The summed E-state index contributed by atoms with van der Waals surface area (Å²) in [6.07, 6.45) is 41.5. The van der Waals surface area contributed by atoms with Crippen LogP contribution < -0.4 is 0 Å². The molecule has 0 saturated heterocycles. The third-order valence-corrected chi connectivity index (χ3v) is 13.6. The molecule has 0 amide bonds. The predicted octanol–water partition coefficient (Wildman–Crippen LogP) is 14.0. The molecule has 0 aromatic heterocycles. The second-order valence-corrected chi connectivity index (χ2v) is 18.0. The lowest BCUT2D eigenvalue weighted by molar-refractivity contribution is 0.537. The van der Waals surface area contributed by atoms with Crippen molar-refractivity contribution >= 4 is 8.07 Å². The van der Waals surface area contributed by atoms with Crippen molar-refractivity contribution in [2.75, 3.05) is 0 Å². The topological polar surface area (TPSA) is 0 Å². The largest absolute Gasteiger partial charge is 0.0691 e. The Labute approximate surface area is 233 Å². The first-order chi connectivity index (χ1) is 17.7. The van der Waals surface area contributed by atoms with E-state index >= 15 is 0 Å². The van der Waals surface area contributed by atoms with Crippen LogP contribution in [-0.4, -0.2) is 8.07 Å². The summed E-state index contributed by atoms with van der Waals surface area (Å²) < 4.78 is 0. The standard InChI is InChI=1S/C35H74Si/c1-5-8-11-14-17-19-20-21-22-23-24-26-29-32-35-36(4,33-30-27-16-13-10-7-3)34-31-28-25-18-15-12-9-6-2/h5-35H2,1-4H3. The van der Waals surface area contributed by atoms with Gasteiger partial charge in [0.2, 0.25) is 0 Å². The maximum Gasteiger partial charge on any atom is 0.0504 e. The van der Waals surface area contributed by atoms with E-state index in [-0.39, 0.29) is 0 Å². The third kappa shape index (κ3) is 27.3. The fraction of sp³-hybridized carbons (Fsp3) is 1.00. The van der Waals surface area contributed by atoms with E-state index in [4.69, 9.17) is 0 Å². The van der Waals surface area contributed by atoms with E-state index in [0.29, 0.717) is 0 Å². The van der Waals surface area contributed by atoms with Crippen LogP contribution in [0.15, 0.2) is 0 Å². The molecule has 0 rings (SSSR count). The van der Waals surface area contributed by atoms with Crippen molar-refractivity contribution in [2.24, 2.45) is 0 Å². The van der Waals surface area contributed by atoms with Crippen molar-refractivity contribution in [1.29, 1.82) is 0 Å². The maximum atomic E-state index is 2.79. The van der Waals surface area contributed by atoms with E-state index in [1.807, 2.05) is 0 Å². The van der Waals surface area contributed by atoms with Gasteiger partial charge in [0.1, 0.15) is 0 Å². The van der Waals surface area contributed by atoms with E-state index < -0.39 is 8.07 Å². The SMILES string of the molecule is CCCCCCCCCCCCCCCC[Si](C)(CCCCCCCC)CCCCCCCCCC. The van der Waals surface area contributed by atoms with Crippen LogP contribution in [0.3, 0.4) is 0 Å². The third-order valence-electron chi connectivity index (χ3n) is 8.90. The van der Waals surface area contributed by atoms with Gasteiger partial charge in [0.15, 0.2) is 0 Å². The van der Waals surface area contributed by atoms with Crippen molar-refractivity contribution in [3.63, 3.8) is 0 Å². The van der Waals surface area contributed by atoms with Gasteiger partial charge in [-0.25, -0.2) is 0 Å². The highest BCUT2D eigenvalue weighted by molar-refractivity contribution is 6.78. The summed E-state index contributed by atoms with van der Waals surface area (Å²) in [6, 6.07) is 4.90. The summed E-state index contributed by atoms with van der Waals surface area (Å²) in [5.74, 6) is 0. The molecule has 1 heteroatoms. The molecule has 0 aliphatic carbocycles. The van der Waals surface area contributed by atoms with Crippen molar-refractivity contribution in [1.82, 2.24) is 0 Å². The van der Waals surface area contributed by atoms with E-state index in [1.165, 1.54) is 161 Å². The van der Waals surface area contributed by atoms with Crippen LogP contribution in [0.5, 0.6) is 0 Å². The zero-order chi connectivity index (χ0) is 26.4. The Morgan fingerprint density at radius 2 is 0.417 bits per heavy atom. The van der Waals surface area contributed by atoms with Gasteiger partial charge in [0.25, 0.3) is 0 Å². The van der Waals surface area contributed by atoms with Gasteiger partial charge >= 0.3 is 0 Å². The Hall–Kier alpha value is 0.217.